The Kier molecular flexibility index (Phi) is 7.31. The molecule has 7 nitrogen and oxygen atoms in total. The lowest BCUT2D eigenvalue weighted by Gasteiger charge is -2.18. The summed E-state index contributed by atoms with van der Waals surface area (Å²) in [6.45, 7) is 6.29. The van der Waals surface area contributed by atoms with Crippen LogP contribution < -0.4 is 19.8 Å². The molecule has 184 valence electrons. The van der Waals surface area contributed by atoms with Gasteiger partial charge in [-0.15, -0.1) is 11.3 Å². The Hall–Kier alpha value is -3.52. The van der Waals surface area contributed by atoms with Crippen molar-refractivity contribution in [1.29, 1.82) is 0 Å². The first-order valence-electron chi connectivity index (χ1n) is 11.7. The highest BCUT2D eigenvalue weighted by molar-refractivity contribution is 7.07. The lowest BCUT2D eigenvalue weighted by molar-refractivity contribution is 0.403. The van der Waals surface area contributed by atoms with E-state index in [1.54, 1.807) is 18.9 Å². The molecular weight excluding hydrogens is 460 g/mol. The van der Waals surface area contributed by atoms with Crippen LogP contribution in [0.15, 0.2) is 63.7 Å². The van der Waals surface area contributed by atoms with Crippen molar-refractivity contribution in [3.05, 3.63) is 74.8 Å². The first-order valence-corrected chi connectivity index (χ1v) is 12.6. The van der Waals surface area contributed by atoms with Gasteiger partial charge in [0.05, 0.1) is 31.3 Å². The highest BCUT2D eigenvalue weighted by Crippen LogP contribution is 2.35. The zero-order valence-electron chi connectivity index (χ0n) is 21.1. The van der Waals surface area contributed by atoms with Gasteiger partial charge in [0.25, 0.3) is 5.56 Å². The molecule has 0 bridgehead atoms. The van der Waals surface area contributed by atoms with E-state index < -0.39 is 0 Å². The van der Waals surface area contributed by atoms with Gasteiger partial charge in [-0.2, -0.15) is 0 Å². The van der Waals surface area contributed by atoms with Gasteiger partial charge in [0.15, 0.2) is 10.5 Å². The van der Waals surface area contributed by atoms with E-state index in [2.05, 4.69) is 23.8 Å². The van der Waals surface area contributed by atoms with Gasteiger partial charge in [-0.3, -0.25) is 9.48 Å². The summed E-state index contributed by atoms with van der Waals surface area (Å²) in [4.78, 5) is 19.2. The number of benzene rings is 2. The summed E-state index contributed by atoms with van der Waals surface area (Å²) in [7, 11) is 5.21. The molecule has 0 aliphatic heterocycles. The Bertz CT molecular complexity index is 1440. The molecule has 4 rings (SSSR count). The fraction of sp³-hybridized carbons (Fsp3) is 0.333. The van der Waals surface area contributed by atoms with Crippen LogP contribution in [0.1, 0.15) is 38.4 Å². The second kappa shape index (κ2) is 10.4. The van der Waals surface area contributed by atoms with Gasteiger partial charge in [-0.1, -0.05) is 31.5 Å². The molecule has 0 spiro atoms. The third kappa shape index (κ3) is 4.58. The molecule has 1 atom stereocenters. The SMILES string of the molecule is CCCC(C)n1c(-c2cc(OC)ccc2OC)csc1=Nc1c(C)n(C)n(-c2ccccc2)c1=O. The number of hydrogen-bond acceptors (Lipinski definition) is 5. The molecule has 0 radical (unpaired) electrons. The van der Waals surface area contributed by atoms with Gasteiger partial charge >= 0.3 is 0 Å². The van der Waals surface area contributed by atoms with Crippen molar-refractivity contribution in [3.63, 3.8) is 0 Å². The zero-order valence-corrected chi connectivity index (χ0v) is 21.9. The van der Waals surface area contributed by atoms with Gasteiger partial charge in [0, 0.05) is 24.0 Å². The summed E-state index contributed by atoms with van der Waals surface area (Å²) in [6.07, 6.45) is 2.01. The summed E-state index contributed by atoms with van der Waals surface area (Å²) < 4.78 is 16.9. The van der Waals surface area contributed by atoms with E-state index in [9.17, 15) is 4.79 Å². The summed E-state index contributed by atoms with van der Waals surface area (Å²) in [5.74, 6) is 1.51. The molecule has 0 aliphatic carbocycles. The quantitative estimate of drug-likeness (QED) is 0.320. The second-order valence-corrected chi connectivity index (χ2v) is 9.34. The number of aromatic nitrogens is 3. The van der Waals surface area contributed by atoms with Crippen molar-refractivity contribution in [2.24, 2.45) is 12.0 Å². The van der Waals surface area contributed by atoms with Crippen LogP contribution in [0.2, 0.25) is 0 Å². The van der Waals surface area contributed by atoms with Gasteiger partial charge in [-0.05, 0) is 50.6 Å². The second-order valence-electron chi connectivity index (χ2n) is 8.50. The minimum absolute atomic E-state index is 0.139. The third-order valence-corrected chi connectivity index (χ3v) is 7.14. The summed E-state index contributed by atoms with van der Waals surface area (Å²) in [5, 5.41) is 2.08. The molecule has 4 aromatic rings. The standard InChI is InChI=1S/C27H32N4O3S/c1-7-11-18(2)30-23(22-16-21(33-5)14-15-24(22)34-6)17-35-27(30)28-25-19(3)29(4)31(26(25)32)20-12-9-8-10-13-20/h8-10,12-18H,7,11H2,1-6H3. The Labute approximate surface area is 209 Å². The van der Waals surface area contributed by atoms with Crippen LogP contribution in [-0.2, 0) is 7.05 Å². The number of methoxy groups -OCH3 is 2. The first-order chi connectivity index (χ1) is 16.9. The summed E-state index contributed by atoms with van der Waals surface area (Å²) in [5.41, 5.74) is 3.84. The molecule has 0 N–H and O–H groups in total. The fourth-order valence-corrected chi connectivity index (χ4v) is 5.36. The molecule has 2 aromatic heterocycles. The van der Waals surface area contributed by atoms with E-state index in [4.69, 9.17) is 14.5 Å². The minimum Gasteiger partial charge on any atom is -0.497 e. The molecule has 0 aliphatic rings. The molecule has 8 heteroatoms. The Morgan fingerprint density at radius 1 is 1.09 bits per heavy atom. The molecule has 35 heavy (non-hydrogen) atoms. The zero-order chi connectivity index (χ0) is 25.1. The van der Waals surface area contributed by atoms with E-state index in [1.165, 1.54) is 11.3 Å². The normalized spacial score (nSPS) is 12.7. The van der Waals surface area contributed by atoms with Crippen LogP contribution in [0.25, 0.3) is 16.9 Å². The Morgan fingerprint density at radius 3 is 2.49 bits per heavy atom. The predicted octanol–water partition coefficient (Wildman–Crippen LogP) is 5.63. The van der Waals surface area contributed by atoms with Crippen molar-refractivity contribution < 1.29 is 9.47 Å². The lowest BCUT2D eigenvalue weighted by Crippen LogP contribution is -2.22. The molecule has 0 saturated carbocycles. The lowest BCUT2D eigenvalue weighted by atomic mass is 10.1. The van der Waals surface area contributed by atoms with Crippen molar-refractivity contribution in [3.8, 4) is 28.4 Å². The average molecular weight is 493 g/mol. The predicted molar refractivity (Wildman–Crippen MR) is 141 cm³/mol. The van der Waals surface area contributed by atoms with Crippen LogP contribution in [0.4, 0.5) is 5.69 Å². The minimum atomic E-state index is -0.139. The molecule has 0 amide bonds. The third-order valence-electron chi connectivity index (χ3n) is 6.30. The van der Waals surface area contributed by atoms with Crippen LogP contribution in [0.5, 0.6) is 11.5 Å². The van der Waals surface area contributed by atoms with Gasteiger partial charge in [-0.25, -0.2) is 9.67 Å². The molecule has 2 heterocycles. The van der Waals surface area contributed by atoms with Crippen LogP contribution in [-0.4, -0.2) is 28.2 Å². The number of rotatable bonds is 8. The van der Waals surface area contributed by atoms with Crippen molar-refractivity contribution >= 4 is 17.0 Å². The molecule has 0 fully saturated rings. The highest BCUT2D eigenvalue weighted by atomic mass is 32.1. The van der Waals surface area contributed by atoms with Crippen molar-refractivity contribution in [2.75, 3.05) is 14.2 Å². The number of thiazole rings is 1. The topological polar surface area (TPSA) is 62.7 Å². The van der Waals surface area contributed by atoms with Crippen LogP contribution in [0.3, 0.4) is 0 Å². The van der Waals surface area contributed by atoms with E-state index in [1.807, 2.05) is 67.2 Å². The Morgan fingerprint density at radius 2 is 1.83 bits per heavy atom. The largest absolute Gasteiger partial charge is 0.497 e. The maximum Gasteiger partial charge on any atom is 0.297 e. The van der Waals surface area contributed by atoms with Crippen LogP contribution >= 0.6 is 11.3 Å². The van der Waals surface area contributed by atoms with Crippen molar-refractivity contribution in [2.45, 2.75) is 39.7 Å². The highest BCUT2D eigenvalue weighted by Gasteiger charge is 2.20. The number of hydrogen-bond donors (Lipinski definition) is 0. The smallest absolute Gasteiger partial charge is 0.297 e. The van der Waals surface area contributed by atoms with E-state index >= 15 is 0 Å². The molecule has 2 aromatic carbocycles. The maximum atomic E-state index is 13.5. The van der Waals surface area contributed by atoms with Gasteiger partial charge in [0.2, 0.25) is 0 Å². The number of nitrogens with zero attached hydrogens (tertiary/aromatic N) is 4. The maximum absolute atomic E-state index is 13.5. The molecular formula is C27H32N4O3S. The first kappa shape index (κ1) is 24.6. The van der Waals surface area contributed by atoms with E-state index in [-0.39, 0.29) is 11.6 Å². The van der Waals surface area contributed by atoms with Gasteiger partial charge < -0.3 is 14.0 Å². The number of ether oxygens (including phenoxy) is 2. The van der Waals surface area contributed by atoms with Gasteiger partial charge in [0.1, 0.15) is 11.5 Å². The van der Waals surface area contributed by atoms with Crippen LogP contribution in [0, 0.1) is 6.92 Å². The number of para-hydroxylation sites is 1. The summed E-state index contributed by atoms with van der Waals surface area (Å²) in [6, 6.07) is 15.6. The average Bonchev–Trinajstić information content (AvgIpc) is 3.38. The monoisotopic (exact) mass is 492 g/mol. The fourth-order valence-electron chi connectivity index (χ4n) is 4.36. The van der Waals surface area contributed by atoms with E-state index in [0.29, 0.717) is 5.69 Å². The molecule has 1 unspecified atom stereocenters. The van der Waals surface area contributed by atoms with Crippen molar-refractivity contribution in [1.82, 2.24) is 13.9 Å². The van der Waals surface area contributed by atoms with E-state index in [0.717, 1.165) is 51.8 Å². The Balaban J connectivity index is 1.96. The summed E-state index contributed by atoms with van der Waals surface area (Å²) >= 11 is 1.52. The molecule has 0 saturated heterocycles.